The first kappa shape index (κ1) is 27.7. The zero-order chi connectivity index (χ0) is 28.3. The number of hydrogen-bond acceptors (Lipinski definition) is 10. The van der Waals surface area contributed by atoms with Crippen LogP contribution < -0.4 is 10.9 Å². The molecule has 2 aliphatic rings. The summed E-state index contributed by atoms with van der Waals surface area (Å²) < 4.78 is 10.8. The van der Waals surface area contributed by atoms with E-state index in [1.54, 1.807) is 12.7 Å². The Hall–Kier alpha value is -3.48. The molecular formula is C26H24Cl2HgN8O4. The fraction of sp³-hybridized carbons (Fsp3) is 0.231. The molecule has 4 N–H and O–H groups in total. The fourth-order valence-corrected chi connectivity index (χ4v) is 7.42. The van der Waals surface area contributed by atoms with E-state index in [9.17, 15) is 9.59 Å². The Kier molecular flexibility index (Phi) is 8.22. The van der Waals surface area contributed by atoms with Gasteiger partial charge in [0.05, 0.1) is 0 Å². The van der Waals surface area contributed by atoms with E-state index >= 15 is 0 Å². The van der Waals surface area contributed by atoms with Crippen molar-refractivity contribution in [2.24, 2.45) is 9.98 Å². The molecule has 12 nitrogen and oxygen atoms in total. The molecule has 2 aromatic heterocycles. The van der Waals surface area contributed by atoms with Crippen LogP contribution >= 0.6 is 23.2 Å². The molecule has 0 amide bonds. The third-order valence-corrected chi connectivity index (χ3v) is 10.9. The Morgan fingerprint density at radius 3 is 1.68 bits per heavy atom. The molecule has 0 unspecified atom stereocenters. The molecule has 0 fully saturated rings. The van der Waals surface area contributed by atoms with Gasteiger partial charge in [-0.05, 0) is 0 Å². The van der Waals surface area contributed by atoms with Gasteiger partial charge in [0.1, 0.15) is 0 Å². The van der Waals surface area contributed by atoms with Gasteiger partial charge < -0.3 is 0 Å². The number of carbonyl (C=O) groups excluding carboxylic acids is 2. The number of rotatable bonds is 10. The molecule has 0 saturated heterocycles. The normalized spacial score (nSPS) is 14.2. The summed E-state index contributed by atoms with van der Waals surface area (Å²) in [5, 5.41) is 6.16. The molecule has 4 heterocycles. The summed E-state index contributed by atoms with van der Waals surface area (Å²) in [5.41, 5.74) is 10.8. The van der Waals surface area contributed by atoms with Gasteiger partial charge in [0.25, 0.3) is 0 Å². The van der Waals surface area contributed by atoms with Crippen LogP contribution in [0.5, 0.6) is 0 Å². The van der Waals surface area contributed by atoms with Gasteiger partial charge in [-0.2, -0.15) is 0 Å². The van der Waals surface area contributed by atoms with Crippen molar-refractivity contribution in [1.82, 2.24) is 20.0 Å². The summed E-state index contributed by atoms with van der Waals surface area (Å²) in [4.78, 5) is 39.9. The van der Waals surface area contributed by atoms with Crippen LogP contribution in [0.15, 0.2) is 46.4 Å². The van der Waals surface area contributed by atoms with Gasteiger partial charge in [-0.1, -0.05) is 0 Å². The molecule has 0 saturated carbocycles. The van der Waals surface area contributed by atoms with Crippen LogP contribution in [-0.4, -0.2) is 70.8 Å². The Morgan fingerprint density at radius 2 is 1.27 bits per heavy atom. The Labute approximate surface area is 257 Å². The number of nitrogens with zero attached hydrogens (tertiary/aromatic N) is 4. The van der Waals surface area contributed by atoms with Crippen LogP contribution in [0.4, 0.5) is 11.4 Å². The summed E-state index contributed by atoms with van der Waals surface area (Å²) in [6.07, 6.45) is 3.33. The van der Waals surface area contributed by atoms with Crippen LogP contribution in [0.25, 0.3) is 21.8 Å². The molecule has 0 radical (unpaired) electrons. The Balaban J connectivity index is 1.04. The summed E-state index contributed by atoms with van der Waals surface area (Å²) in [5.74, 6) is -1.00. The fourth-order valence-electron chi connectivity index (χ4n) is 4.74. The van der Waals surface area contributed by atoms with Crippen molar-refractivity contribution in [3.63, 3.8) is 0 Å². The molecule has 4 aromatic rings. The van der Waals surface area contributed by atoms with Crippen molar-refractivity contribution in [3.8, 4) is 0 Å². The first-order valence-electron chi connectivity index (χ1n) is 12.9. The summed E-state index contributed by atoms with van der Waals surface area (Å²) in [6, 6.07) is 11.4. The number of fused-ring (bicyclic) bond motifs is 2. The summed E-state index contributed by atoms with van der Waals surface area (Å²) in [7, 11) is 0. The van der Waals surface area contributed by atoms with Crippen molar-refractivity contribution >= 4 is 81.0 Å². The molecular weight excluding hydrogens is 760 g/mol. The summed E-state index contributed by atoms with van der Waals surface area (Å²) >= 11 is 10.5. The van der Waals surface area contributed by atoms with Gasteiger partial charge in [0.15, 0.2) is 0 Å². The monoisotopic (exact) mass is 784 g/mol. The maximum atomic E-state index is 12.6. The molecule has 2 aliphatic heterocycles. The molecule has 0 atom stereocenters. The molecule has 6 rings (SSSR count). The number of anilines is 2. The molecule has 0 spiro atoms. The van der Waals surface area contributed by atoms with Gasteiger partial charge in [-0.15, -0.1) is 0 Å². The number of hydrogen-bond donors (Lipinski definition) is 4. The summed E-state index contributed by atoms with van der Waals surface area (Å²) in [6.45, 7) is 2.95. The van der Waals surface area contributed by atoms with Crippen molar-refractivity contribution < 1.29 is 40.4 Å². The second-order valence-electron chi connectivity index (χ2n) is 9.45. The van der Waals surface area contributed by atoms with Crippen molar-refractivity contribution in [1.29, 1.82) is 0 Å². The molecule has 0 aliphatic carbocycles. The Morgan fingerprint density at radius 1 is 0.805 bits per heavy atom. The van der Waals surface area contributed by atoms with Gasteiger partial charge >= 0.3 is 259 Å². The van der Waals surface area contributed by atoms with E-state index in [2.05, 4.69) is 30.8 Å². The average Bonchev–Trinajstić information content (AvgIpc) is 3.75. The van der Waals surface area contributed by atoms with Crippen LogP contribution in [-0.2, 0) is 53.2 Å². The number of aliphatic imine (C=N–C) groups is 2. The van der Waals surface area contributed by atoms with Gasteiger partial charge in [-0.25, -0.2) is 0 Å². The second-order valence-corrected chi connectivity index (χ2v) is 13.4. The second kappa shape index (κ2) is 12.2. The first-order chi connectivity index (χ1) is 20.0. The topological polar surface area (TPSA) is 139 Å². The first-order valence-corrected chi connectivity index (χ1v) is 18.2. The molecule has 2 aromatic carbocycles. The van der Waals surface area contributed by atoms with Crippen molar-refractivity contribution in [2.75, 3.05) is 37.0 Å². The zero-order valence-corrected chi connectivity index (χ0v) is 28.8. The van der Waals surface area contributed by atoms with Crippen molar-refractivity contribution in [3.05, 3.63) is 57.8 Å². The quantitative estimate of drug-likeness (QED) is 0.177. The van der Waals surface area contributed by atoms with E-state index in [1.807, 2.05) is 46.4 Å². The number of hydrazine groups is 2. The number of carbonyl (C=O) groups is 2. The van der Waals surface area contributed by atoms with Gasteiger partial charge in [0.2, 0.25) is 0 Å². The van der Waals surface area contributed by atoms with E-state index in [0.717, 1.165) is 59.4 Å². The third-order valence-electron chi connectivity index (χ3n) is 6.66. The van der Waals surface area contributed by atoms with E-state index in [-0.39, 0.29) is 12.8 Å². The molecule has 208 valence electrons. The van der Waals surface area contributed by atoms with E-state index in [4.69, 9.17) is 28.5 Å². The molecule has 0 bridgehead atoms. The van der Waals surface area contributed by atoms with Crippen molar-refractivity contribution in [2.45, 2.75) is 12.8 Å². The number of aromatic nitrogens is 2. The number of halogens is 2. The number of H-pyrrole nitrogens is 2. The van der Waals surface area contributed by atoms with Gasteiger partial charge in [0, 0.05) is 0 Å². The maximum absolute atomic E-state index is 12.6. The van der Waals surface area contributed by atoms with Gasteiger partial charge in [-0.3, -0.25) is 0 Å². The van der Waals surface area contributed by atoms with Crippen LogP contribution in [0.1, 0.15) is 11.4 Å². The predicted molar refractivity (Wildman–Crippen MR) is 154 cm³/mol. The average molecular weight is 784 g/mol. The standard InChI is InChI=1S/2C13H13ClN4O2.Hg/c2*14-13-10(6-11(19)20)16-8-2-1-3-9(12(8)13)17-18-5-4-15-7-18;/h2*1-3,7,16-17H,4-6H2,(H,19,20);/q;;+2/p-2. The minimum atomic E-state index is -2.76. The van der Waals surface area contributed by atoms with Crippen LogP contribution in [0, 0.1) is 0 Å². The van der Waals surface area contributed by atoms with E-state index in [0.29, 0.717) is 21.4 Å². The number of aromatic amines is 2. The molecule has 15 heteroatoms. The zero-order valence-electron chi connectivity index (χ0n) is 21.7. The minimum absolute atomic E-state index is 0.0684. The van der Waals surface area contributed by atoms with Crippen LogP contribution in [0.2, 0.25) is 10.0 Å². The molecule has 41 heavy (non-hydrogen) atoms. The predicted octanol–water partition coefficient (Wildman–Crippen LogP) is 4.08. The third kappa shape index (κ3) is 6.09. The number of nitrogens with one attached hydrogen (secondary N) is 4. The van der Waals surface area contributed by atoms with E-state index < -0.39 is 37.4 Å². The SMILES string of the molecule is O=C(Cc1[nH]c2cccc(NN3C=NCC3)c2c1Cl)[O][Hg][O]C(=O)Cc1[nH]c2cccc(NN3C=NCC3)c2c1Cl. The Bertz CT molecular complexity index is 1560. The van der Waals surface area contributed by atoms with Crippen LogP contribution in [0.3, 0.4) is 0 Å². The van der Waals surface area contributed by atoms with E-state index in [1.165, 1.54) is 0 Å². The number of benzene rings is 2.